The van der Waals surface area contributed by atoms with Crippen molar-refractivity contribution in [1.29, 1.82) is 0 Å². The molecule has 0 radical (unpaired) electrons. The first-order valence-electron chi connectivity index (χ1n) is 5.91. The minimum Gasteiger partial charge on any atom is -0.327 e. The molecule has 1 amide bonds. The molecular formula is C13H18ClN3OS. The van der Waals surface area contributed by atoms with Crippen molar-refractivity contribution in [2.75, 3.05) is 5.32 Å². The number of anilines is 1. The number of nitrogens with two attached hydrogens (primary N) is 1. The maximum absolute atomic E-state index is 11.9. The predicted octanol–water partition coefficient (Wildman–Crippen LogP) is 2.95. The minimum absolute atomic E-state index is 0. The SMILES string of the molecule is Cc1nc2ccc(NC(=O)C(C)C(C)N)cc2s1.Cl. The first kappa shape index (κ1) is 15.9. The van der Waals surface area contributed by atoms with Crippen LogP contribution in [0.1, 0.15) is 18.9 Å². The Morgan fingerprint density at radius 2 is 2.11 bits per heavy atom. The molecule has 3 N–H and O–H groups in total. The third kappa shape index (κ3) is 3.65. The zero-order valence-corrected chi connectivity index (χ0v) is 12.8. The fourth-order valence-corrected chi connectivity index (χ4v) is 2.48. The molecule has 0 aliphatic rings. The fraction of sp³-hybridized carbons (Fsp3) is 0.385. The van der Waals surface area contributed by atoms with Crippen LogP contribution in [-0.2, 0) is 4.79 Å². The number of amides is 1. The predicted molar refractivity (Wildman–Crippen MR) is 83.0 cm³/mol. The highest BCUT2D eigenvalue weighted by Gasteiger charge is 2.17. The lowest BCUT2D eigenvalue weighted by atomic mass is 10.0. The van der Waals surface area contributed by atoms with Crippen molar-refractivity contribution in [3.63, 3.8) is 0 Å². The van der Waals surface area contributed by atoms with Gasteiger partial charge in [-0.05, 0) is 32.0 Å². The molecule has 0 aliphatic heterocycles. The number of halogens is 1. The summed E-state index contributed by atoms with van der Waals surface area (Å²) in [5.74, 6) is -0.255. The van der Waals surface area contributed by atoms with Gasteiger partial charge in [0.15, 0.2) is 0 Å². The Kier molecular flexibility index (Phi) is 5.29. The van der Waals surface area contributed by atoms with Crippen molar-refractivity contribution in [1.82, 2.24) is 4.98 Å². The van der Waals surface area contributed by atoms with Crippen molar-refractivity contribution in [2.45, 2.75) is 26.8 Å². The van der Waals surface area contributed by atoms with E-state index in [2.05, 4.69) is 10.3 Å². The van der Waals surface area contributed by atoms with Crippen LogP contribution in [-0.4, -0.2) is 16.9 Å². The lowest BCUT2D eigenvalue weighted by Gasteiger charge is -2.15. The summed E-state index contributed by atoms with van der Waals surface area (Å²) in [6.07, 6.45) is 0. The number of hydrogen-bond acceptors (Lipinski definition) is 4. The van der Waals surface area contributed by atoms with Crippen LogP contribution in [0.5, 0.6) is 0 Å². The van der Waals surface area contributed by atoms with Crippen LogP contribution in [0.3, 0.4) is 0 Å². The quantitative estimate of drug-likeness (QED) is 0.915. The molecule has 0 saturated heterocycles. The van der Waals surface area contributed by atoms with Crippen LogP contribution < -0.4 is 11.1 Å². The Hall–Kier alpha value is -1.17. The first-order chi connectivity index (χ1) is 8.47. The number of hydrogen-bond donors (Lipinski definition) is 2. The molecule has 104 valence electrons. The third-order valence-corrected chi connectivity index (χ3v) is 3.90. The van der Waals surface area contributed by atoms with Crippen LogP contribution in [0.25, 0.3) is 10.2 Å². The molecule has 0 saturated carbocycles. The van der Waals surface area contributed by atoms with E-state index in [1.807, 2.05) is 39.0 Å². The van der Waals surface area contributed by atoms with Crippen LogP contribution >= 0.6 is 23.7 Å². The van der Waals surface area contributed by atoms with E-state index in [9.17, 15) is 4.79 Å². The van der Waals surface area contributed by atoms with E-state index in [0.29, 0.717) is 0 Å². The normalized spacial score (nSPS) is 13.7. The molecule has 0 spiro atoms. The summed E-state index contributed by atoms with van der Waals surface area (Å²) in [5.41, 5.74) is 7.48. The van der Waals surface area contributed by atoms with E-state index in [4.69, 9.17) is 5.73 Å². The number of aryl methyl sites for hydroxylation is 1. The van der Waals surface area contributed by atoms with Crippen LogP contribution in [0.2, 0.25) is 0 Å². The van der Waals surface area contributed by atoms with Gasteiger partial charge in [0.25, 0.3) is 0 Å². The number of aromatic nitrogens is 1. The van der Waals surface area contributed by atoms with Crippen molar-refractivity contribution < 1.29 is 4.79 Å². The van der Waals surface area contributed by atoms with E-state index in [-0.39, 0.29) is 30.3 Å². The molecule has 4 nitrogen and oxygen atoms in total. The van der Waals surface area contributed by atoms with Crippen LogP contribution in [0.15, 0.2) is 18.2 Å². The molecule has 2 atom stereocenters. The topological polar surface area (TPSA) is 68.0 Å². The molecule has 2 aromatic rings. The highest BCUT2D eigenvalue weighted by Crippen LogP contribution is 2.25. The van der Waals surface area contributed by atoms with Gasteiger partial charge in [0.1, 0.15) is 0 Å². The van der Waals surface area contributed by atoms with Gasteiger partial charge in [-0.3, -0.25) is 4.79 Å². The summed E-state index contributed by atoms with van der Waals surface area (Å²) in [5, 5.41) is 3.91. The van der Waals surface area contributed by atoms with E-state index >= 15 is 0 Å². The van der Waals surface area contributed by atoms with Gasteiger partial charge >= 0.3 is 0 Å². The summed E-state index contributed by atoms with van der Waals surface area (Å²) in [4.78, 5) is 16.3. The average Bonchev–Trinajstić information content (AvgIpc) is 2.67. The maximum Gasteiger partial charge on any atom is 0.228 e. The fourth-order valence-electron chi connectivity index (χ4n) is 1.61. The number of nitrogens with one attached hydrogen (secondary N) is 1. The lowest BCUT2D eigenvalue weighted by molar-refractivity contribution is -0.119. The van der Waals surface area contributed by atoms with E-state index in [1.54, 1.807) is 11.3 Å². The molecule has 0 fully saturated rings. The standard InChI is InChI=1S/C13H17N3OS.ClH/c1-7(8(2)14)13(17)16-10-4-5-11-12(6-10)18-9(3)15-11;/h4-8H,14H2,1-3H3,(H,16,17);1H. The van der Waals surface area contributed by atoms with Gasteiger partial charge in [0, 0.05) is 11.7 Å². The average molecular weight is 300 g/mol. The molecule has 1 aromatic heterocycles. The largest absolute Gasteiger partial charge is 0.327 e. The summed E-state index contributed by atoms with van der Waals surface area (Å²) in [6.45, 7) is 5.64. The summed E-state index contributed by atoms with van der Waals surface area (Å²) >= 11 is 1.62. The molecule has 0 aliphatic carbocycles. The monoisotopic (exact) mass is 299 g/mol. The van der Waals surface area contributed by atoms with Gasteiger partial charge in [-0.2, -0.15) is 0 Å². The van der Waals surface area contributed by atoms with Gasteiger partial charge in [0.2, 0.25) is 5.91 Å². The van der Waals surface area contributed by atoms with E-state index in [0.717, 1.165) is 20.9 Å². The summed E-state index contributed by atoms with van der Waals surface area (Å²) in [7, 11) is 0. The lowest BCUT2D eigenvalue weighted by Crippen LogP contribution is -2.34. The number of carbonyl (C=O) groups excluding carboxylic acids is 1. The second-order valence-corrected chi connectivity index (χ2v) is 5.79. The number of nitrogens with zero attached hydrogens (tertiary/aromatic N) is 1. The van der Waals surface area contributed by atoms with Gasteiger partial charge in [0.05, 0.1) is 21.1 Å². The van der Waals surface area contributed by atoms with E-state index in [1.165, 1.54) is 0 Å². The number of thiazole rings is 1. The number of fused-ring (bicyclic) bond motifs is 1. The van der Waals surface area contributed by atoms with Gasteiger partial charge in [-0.1, -0.05) is 6.92 Å². The smallest absolute Gasteiger partial charge is 0.228 e. The van der Waals surface area contributed by atoms with Crippen molar-refractivity contribution >= 4 is 45.6 Å². The Morgan fingerprint density at radius 1 is 1.42 bits per heavy atom. The molecule has 6 heteroatoms. The van der Waals surface area contributed by atoms with Gasteiger partial charge < -0.3 is 11.1 Å². The Labute approximate surface area is 122 Å². The Morgan fingerprint density at radius 3 is 2.74 bits per heavy atom. The number of benzene rings is 1. The summed E-state index contributed by atoms with van der Waals surface area (Å²) < 4.78 is 1.08. The minimum atomic E-state index is -0.205. The maximum atomic E-state index is 11.9. The molecule has 1 heterocycles. The molecule has 0 bridgehead atoms. The van der Waals surface area contributed by atoms with Crippen molar-refractivity contribution in [2.24, 2.45) is 11.7 Å². The van der Waals surface area contributed by atoms with E-state index < -0.39 is 0 Å². The third-order valence-electron chi connectivity index (χ3n) is 2.97. The zero-order valence-electron chi connectivity index (χ0n) is 11.1. The highest BCUT2D eigenvalue weighted by molar-refractivity contribution is 7.18. The first-order valence-corrected chi connectivity index (χ1v) is 6.72. The van der Waals surface area contributed by atoms with Gasteiger partial charge in [-0.15, -0.1) is 23.7 Å². The van der Waals surface area contributed by atoms with Crippen LogP contribution in [0.4, 0.5) is 5.69 Å². The van der Waals surface area contributed by atoms with Crippen molar-refractivity contribution in [3.8, 4) is 0 Å². The molecule has 19 heavy (non-hydrogen) atoms. The molecular weight excluding hydrogens is 282 g/mol. The van der Waals surface area contributed by atoms with Gasteiger partial charge in [-0.25, -0.2) is 4.98 Å². The Bertz CT molecular complexity index is 582. The second-order valence-electron chi connectivity index (χ2n) is 4.55. The number of rotatable bonds is 3. The zero-order chi connectivity index (χ0) is 13.3. The van der Waals surface area contributed by atoms with Crippen LogP contribution in [0, 0.1) is 12.8 Å². The highest BCUT2D eigenvalue weighted by atomic mass is 35.5. The van der Waals surface area contributed by atoms with Crippen molar-refractivity contribution in [3.05, 3.63) is 23.2 Å². The molecule has 2 rings (SSSR count). The Balaban J connectivity index is 0.00000180. The number of carbonyl (C=O) groups is 1. The molecule has 2 unspecified atom stereocenters. The second kappa shape index (κ2) is 6.32. The molecule has 1 aromatic carbocycles. The summed E-state index contributed by atoms with van der Waals surface area (Å²) in [6, 6.07) is 5.59.